The molecule has 0 saturated heterocycles. The Balaban J connectivity index is 0.00000225. The van der Waals surface area contributed by atoms with Gasteiger partial charge in [-0.3, -0.25) is 4.79 Å². The zero-order valence-electron chi connectivity index (χ0n) is 17.5. The Morgan fingerprint density at radius 2 is 2.04 bits per heavy atom. The van der Waals surface area contributed by atoms with Crippen LogP contribution in [0, 0.1) is 34.5 Å². The van der Waals surface area contributed by atoms with Crippen LogP contribution in [0.4, 0.5) is 0 Å². The van der Waals surface area contributed by atoms with Gasteiger partial charge in [0.05, 0.1) is 13.2 Å². The zero-order valence-corrected chi connectivity index (χ0v) is 17.5. The second kappa shape index (κ2) is 7.21. The molecule has 0 bridgehead atoms. The molecule has 3 fully saturated rings. The summed E-state index contributed by atoms with van der Waals surface area (Å²) in [6, 6.07) is 0. The van der Waals surface area contributed by atoms with E-state index in [1.54, 1.807) is 5.57 Å². The minimum atomic E-state index is -0.111. The summed E-state index contributed by atoms with van der Waals surface area (Å²) in [6.07, 6.45) is 14.9. The molecule has 7 unspecified atom stereocenters. The van der Waals surface area contributed by atoms with Gasteiger partial charge in [0.15, 0.2) is 0 Å². The highest BCUT2D eigenvalue weighted by Crippen LogP contribution is 2.66. The fourth-order valence-electron chi connectivity index (χ4n) is 7.82. The molecule has 0 aromatic heterocycles. The number of carbonyl (C=O) groups is 1. The van der Waals surface area contributed by atoms with Crippen molar-refractivity contribution in [3.8, 4) is 0 Å². The number of methoxy groups -OCH3 is 1. The van der Waals surface area contributed by atoms with Crippen LogP contribution in [-0.2, 0) is 9.53 Å². The molecule has 27 heavy (non-hydrogen) atoms. The van der Waals surface area contributed by atoms with Gasteiger partial charge in [0, 0.05) is 7.85 Å². The molecular formula is C24H40O3. The van der Waals surface area contributed by atoms with Crippen molar-refractivity contribution in [1.82, 2.24) is 0 Å². The Labute approximate surface area is 166 Å². The number of hydrogen-bond acceptors (Lipinski definition) is 3. The van der Waals surface area contributed by atoms with E-state index in [1.807, 2.05) is 0 Å². The van der Waals surface area contributed by atoms with Crippen LogP contribution in [0.3, 0.4) is 0 Å². The van der Waals surface area contributed by atoms with Crippen LogP contribution in [0.1, 0.15) is 85.9 Å². The lowest BCUT2D eigenvalue weighted by Crippen LogP contribution is -2.50. The molecule has 0 aliphatic heterocycles. The normalized spacial score (nSPS) is 46.1. The van der Waals surface area contributed by atoms with E-state index in [4.69, 9.17) is 4.74 Å². The van der Waals surface area contributed by atoms with E-state index in [-0.39, 0.29) is 13.5 Å². The third-order valence-electron chi connectivity index (χ3n) is 9.44. The summed E-state index contributed by atoms with van der Waals surface area (Å²) in [5.74, 6) is 3.21. The quantitative estimate of drug-likeness (QED) is 0.519. The number of hydrogen-bond donors (Lipinski definition) is 1. The molecule has 0 spiro atoms. The van der Waals surface area contributed by atoms with E-state index >= 15 is 0 Å². The zero-order chi connectivity index (χ0) is 19.2. The van der Waals surface area contributed by atoms with Gasteiger partial charge in [0.25, 0.3) is 0 Å². The summed E-state index contributed by atoms with van der Waals surface area (Å²) < 4.78 is 4.82. The number of ether oxygens (including phenoxy) is 1. The fourth-order valence-corrected chi connectivity index (χ4v) is 7.82. The molecule has 7 atom stereocenters. The van der Waals surface area contributed by atoms with Gasteiger partial charge in [0.1, 0.15) is 0 Å². The number of rotatable bonds is 4. The van der Waals surface area contributed by atoms with Gasteiger partial charge in [-0.15, -0.1) is 0 Å². The van der Waals surface area contributed by atoms with Crippen molar-refractivity contribution >= 4 is 5.97 Å². The molecule has 0 aromatic rings. The molecule has 3 saturated carbocycles. The van der Waals surface area contributed by atoms with Crippen LogP contribution in [0.25, 0.3) is 0 Å². The van der Waals surface area contributed by atoms with Crippen molar-refractivity contribution in [2.24, 2.45) is 34.5 Å². The summed E-state index contributed by atoms with van der Waals surface area (Å²) in [5.41, 5.74) is 2.37. The second-order valence-corrected chi connectivity index (χ2v) is 10.4. The van der Waals surface area contributed by atoms with Gasteiger partial charge < -0.3 is 9.84 Å². The average Bonchev–Trinajstić information content (AvgIpc) is 2.99. The molecule has 0 heterocycles. The maximum atomic E-state index is 11.5. The SMILES string of the molecule is COC(=O)CCCC1CCC2C3CC=C4CC(O)CCC4(C)C3CCC12C.[HH]. The molecule has 1 N–H and O–H groups in total. The first-order chi connectivity index (χ1) is 12.9. The molecule has 0 radical (unpaired) electrons. The first-order valence-electron chi connectivity index (χ1n) is 11.3. The van der Waals surface area contributed by atoms with E-state index in [9.17, 15) is 9.90 Å². The first-order valence-corrected chi connectivity index (χ1v) is 11.3. The van der Waals surface area contributed by atoms with E-state index in [1.165, 1.54) is 52.1 Å². The summed E-state index contributed by atoms with van der Waals surface area (Å²) in [6.45, 7) is 5.07. The predicted molar refractivity (Wildman–Crippen MR) is 109 cm³/mol. The summed E-state index contributed by atoms with van der Waals surface area (Å²) >= 11 is 0. The van der Waals surface area contributed by atoms with Gasteiger partial charge >= 0.3 is 5.97 Å². The van der Waals surface area contributed by atoms with E-state index < -0.39 is 0 Å². The Kier molecular flexibility index (Phi) is 5.20. The lowest BCUT2D eigenvalue weighted by molar-refractivity contribution is -0.140. The third-order valence-corrected chi connectivity index (χ3v) is 9.44. The van der Waals surface area contributed by atoms with Gasteiger partial charge in [-0.25, -0.2) is 0 Å². The van der Waals surface area contributed by atoms with Crippen LogP contribution < -0.4 is 0 Å². The minimum absolute atomic E-state index is 0. The average molecular weight is 377 g/mol. The molecule has 4 rings (SSSR count). The van der Waals surface area contributed by atoms with Gasteiger partial charge in [0.2, 0.25) is 0 Å². The van der Waals surface area contributed by atoms with E-state index in [0.29, 0.717) is 17.3 Å². The maximum Gasteiger partial charge on any atom is 0.305 e. The lowest BCUT2D eigenvalue weighted by atomic mass is 9.47. The highest BCUT2D eigenvalue weighted by atomic mass is 16.5. The first kappa shape index (κ1) is 19.5. The highest BCUT2D eigenvalue weighted by molar-refractivity contribution is 5.68. The van der Waals surface area contributed by atoms with Crippen molar-refractivity contribution < 1.29 is 16.1 Å². The van der Waals surface area contributed by atoms with Crippen molar-refractivity contribution in [3.05, 3.63) is 11.6 Å². The lowest BCUT2D eigenvalue weighted by Gasteiger charge is -2.58. The monoisotopic (exact) mass is 376 g/mol. The topological polar surface area (TPSA) is 46.5 Å². The van der Waals surface area contributed by atoms with Crippen molar-refractivity contribution in [1.29, 1.82) is 0 Å². The fraction of sp³-hybridized carbons (Fsp3) is 0.875. The molecule has 0 amide bonds. The Morgan fingerprint density at radius 1 is 1.22 bits per heavy atom. The molecule has 4 aliphatic carbocycles. The number of esters is 1. The number of allylic oxidation sites excluding steroid dienone is 1. The summed E-state index contributed by atoms with van der Waals surface area (Å²) in [7, 11) is 1.49. The number of carbonyl (C=O) groups excluding carboxylic acids is 1. The maximum absolute atomic E-state index is 11.5. The van der Waals surface area contributed by atoms with Crippen LogP contribution in [-0.4, -0.2) is 24.3 Å². The molecule has 3 nitrogen and oxygen atoms in total. The van der Waals surface area contributed by atoms with Gasteiger partial charge in [-0.05, 0) is 98.7 Å². The third kappa shape index (κ3) is 3.18. The Morgan fingerprint density at radius 3 is 2.81 bits per heavy atom. The number of aliphatic hydroxyl groups is 1. The van der Waals surface area contributed by atoms with Gasteiger partial charge in [-0.1, -0.05) is 25.5 Å². The van der Waals surface area contributed by atoms with Crippen molar-refractivity contribution in [2.45, 2.75) is 90.6 Å². The second-order valence-electron chi connectivity index (χ2n) is 10.4. The smallest absolute Gasteiger partial charge is 0.305 e. The Bertz CT molecular complexity index is 617. The van der Waals surface area contributed by atoms with Crippen molar-refractivity contribution in [3.63, 3.8) is 0 Å². The van der Waals surface area contributed by atoms with E-state index in [2.05, 4.69) is 19.9 Å². The number of aliphatic hydroxyl groups excluding tert-OH is 1. The Hall–Kier alpha value is -0.830. The molecule has 0 aromatic carbocycles. The van der Waals surface area contributed by atoms with Gasteiger partial charge in [-0.2, -0.15) is 0 Å². The largest absolute Gasteiger partial charge is 0.469 e. The molecule has 4 aliphatic rings. The molecule has 3 heteroatoms. The standard InChI is InChI=1S/C24H38O3.H2/c1-23-14-12-21-19(9-7-17-15-18(25)11-13-24(17,21)2)20(23)10-8-16(23)5-4-6-22(26)27-3;/h7,16,18-21,25H,4-6,8-15H2,1-3H3;1H. The summed E-state index contributed by atoms with van der Waals surface area (Å²) in [5, 5.41) is 10.2. The van der Waals surface area contributed by atoms with Crippen molar-refractivity contribution in [2.75, 3.05) is 7.11 Å². The van der Waals surface area contributed by atoms with Crippen LogP contribution in [0.5, 0.6) is 0 Å². The predicted octanol–water partition coefficient (Wildman–Crippen LogP) is 5.52. The molecular weight excluding hydrogens is 336 g/mol. The summed E-state index contributed by atoms with van der Waals surface area (Å²) in [4.78, 5) is 11.5. The minimum Gasteiger partial charge on any atom is -0.469 e. The molecule has 154 valence electrons. The van der Waals surface area contributed by atoms with E-state index in [0.717, 1.165) is 42.9 Å². The highest BCUT2D eigenvalue weighted by Gasteiger charge is 2.58. The number of fused-ring (bicyclic) bond motifs is 5. The van der Waals surface area contributed by atoms with Crippen LogP contribution in [0.2, 0.25) is 0 Å². The van der Waals surface area contributed by atoms with Crippen LogP contribution >= 0.6 is 0 Å². The van der Waals surface area contributed by atoms with Crippen LogP contribution in [0.15, 0.2) is 11.6 Å².